The number of carboxylic acids is 1. The highest BCUT2D eigenvalue weighted by molar-refractivity contribution is 5.73. The van der Waals surface area contributed by atoms with E-state index in [0.717, 1.165) is 5.57 Å². The van der Waals surface area contributed by atoms with Gasteiger partial charge in [0.05, 0.1) is 5.92 Å². The highest BCUT2D eigenvalue weighted by Gasteiger charge is 2.24. The molecule has 0 saturated carbocycles. The number of carboxylic acid groups (broad SMARTS) is 1. The van der Waals surface area contributed by atoms with Gasteiger partial charge in [-0.25, -0.2) is 0 Å². The lowest BCUT2D eigenvalue weighted by molar-refractivity contribution is -0.141. The zero-order chi connectivity index (χ0) is 9.94. The third-order valence-corrected chi connectivity index (χ3v) is 1.71. The maximum Gasteiger partial charge on any atom is 0.310 e. The summed E-state index contributed by atoms with van der Waals surface area (Å²) in [4.78, 5) is 10.8. The molecule has 0 fully saturated rings. The smallest absolute Gasteiger partial charge is 0.310 e. The Morgan fingerprint density at radius 1 is 1.50 bits per heavy atom. The van der Waals surface area contributed by atoms with Gasteiger partial charge in [-0.3, -0.25) is 4.79 Å². The first-order chi connectivity index (χ1) is 5.24. The molecule has 0 spiro atoms. The van der Waals surface area contributed by atoms with Crippen LogP contribution in [0, 0.1) is 11.3 Å². The third-order valence-electron chi connectivity index (χ3n) is 1.71. The second kappa shape index (κ2) is 3.74. The summed E-state index contributed by atoms with van der Waals surface area (Å²) in [7, 11) is 0. The lowest BCUT2D eigenvalue weighted by Crippen LogP contribution is -2.21. The van der Waals surface area contributed by atoms with Gasteiger partial charge in [-0.05, 0) is 18.8 Å². The second-order valence-electron chi connectivity index (χ2n) is 4.50. The van der Waals surface area contributed by atoms with Crippen molar-refractivity contribution in [3.63, 3.8) is 0 Å². The number of hydrogen-bond acceptors (Lipinski definition) is 1. The van der Waals surface area contributed by atoms with Crippen molar-refractivity contribution in [1.82, 2.24) is 0 Å². The van der Waals surface area contributed by atoms with Gasteiger partial charge in [0.25, 0.3) is 0 Å². The fourth-order valence-corrected chi connectivity index (χ4v) is 1.08. The molecule has 0 amide bonds. The van der Waals surface area contributed by atoms with Crippen LogP contribution in [0.3, 0.4) is 0 Å². The molecule has 0 aliphatic heterocycles. The highest BCUT2D eigenvalue weighted by atomic mass is 16.4. The van der Waals surface area contributed by atoms with Crippen molar-refractivity contribution >= 4 is 5.97 Å². The van der Waals surface area contributed by atoms with Crippen molar-refractivity contribution in [1.29, 1.82) is 0 Å². The van der Waals surface area contributed by atoms with E-state index < -0.39 is 11.9 Å². The van der Waals surface area contributed by atoms with E-state index >= 15 is 0 Å². The third kappa shape index (κ3) is 4.16. The lowest BCUT2D eigenvalue weighted by atomic mass is 9.82. The van der Waals surface area contributed by atoms with E-state index in [0.29, 0.717) is 6.42 Å². The van der Waals surface area contributed by atoms with Crippen LogP contribution >= 0.6 is 0 Å². The summed E-state index contributed by atoms with van der Waals surface area (Å²) in [6.07, 6.45) is 0.650. The predicted octanol–water partition coefficient (Wildman–Crippen LogP) is 2.70. The summed E-state index contributed by atoms with van der Waals surface area (Å²) in [5.41, 5.74) is 0.777. The Morgan fingerprint density at radius 2 is 1.92 bits per heavy atom. The maximum atomic E-state index is 10.8. The number of rotatable bonds is 3. The van der Waals surface area contributed by atoms with E-state index in [1.54, 1.807) is 6.92 Å². The minimum Gasteiger partial charge on any atom is -0.481 e. The molecule has 0 unspecified atom stereocenters. The van der Waals surface area contributed by atoms with Gasteiger partial charge in [0.15, 0.2) is 0 Å². The van der Waals surface area contributed by atoms with E-state index in [1.807, 2.05) is 20.8 Å². The number of aliphatic carboxylic acids is 1. The zero-order valence-electron chi connectivity index (χ0n) is 8.35. The molecule has 0 aliphatic carbocycles. The minimum atomic E-state index is -0.766. The molecular weight excluding hydrogens is 152 g/mol. The Kier molecular flexibility index (Phi) is 3.50. The van der Waals surface area contributed by atoms with Crippen LogP contribution in [0.4, 0.5) is 0 Å². The van der Waals surface area contributed by atoms with Crippen LogP contribution in [0.15, 0.2) is 12.2 Å². The summed E-state index contributed by atoms with van der Waals surface area (Å²) in [5.74, 6) is -1.16. The first-order valence-corrected chi connectivity index (χ1v) is 4.12. The molecular formula is C10H18O2. The minimum absolute atomic E-state index is 0.0437. The fraction of sp³-hybridized carbons (Fsp3) is 0.700. The average molecular weight is 170 g/mol. The first kappa shape index (κ1) is 11.2. The Bertz CT molecular complexity index is 173. The Morgan fingerprint density at radius 3 is 2.00 bits per heavy atom. The molecule has 2 heteroatoms. The summed E-state index contributed by atoms with van der Waals surface area (Å²) < 4.78 is 0. The van der Waals surface area contributed by atoms with E-state index in [9.17, 15) is 4.79 Å². The van der Waals surface area contributed by atoms with Gasteiger partial charge in [0, 0.05) is 0 Å². The first-order valence-electron chi connectivity index (χ1n) is 4.12. The highest BCUT2D eigenvalue weighted by Crippen LogP contribution is 2.27. The van der Waals surface area contributed by atoms with Gasteiger partial charge < -0.3 is 5.11 Å². The molecule has 1 N–H and O–H groups in total. The molecule has 0 heterocycles. The second-order valence-corrected chi connectivity index (χ2v) is 4.50. The molecule has 12 heavy (non-hydrogen) atoms. The summed E-state index contributed by atoms with van der Waals surface area (Å²) in [6, 6.07) is 0. The standard InChI is InChI=1S/C10H18O2/c1-7(2)8(9(11)12)6-10(3,4)5/h8H,1,6H2,2-5H3,(H,11,12)/t8-/m0/s1. The van der Waals surface area contributed by atoms with E-state index in [1.165, 1.54) is 0 Å². The molecule has 70 valence electrons. The van der Waals surface area contributed by atoms with Crippen LogP contribution in [-0.2, 0) is 4.79 Å². The van der Waals surface area contributed by atoms with Gasteiger partial charge in [-0.1, -0.05) is 32.9 Å². The molecule has 0 aromatic carbocycles. The molecule has 0 rings (SSSR count). The average Bonchev–Trinajstić information content (AvgIpc) is 1.79. The normalized spacial score (nSPS) is 14.0. The van der Waals surface area contributed by atoms with Gasteiger partial charge in [-0.15, -0.1) is 0 Å². The van der Waals surface area contributed by atoms with Crippen LogP contribution in [0.1, 0.15) is 34.1 Å². The van der Waals surface area contributed by atoms with Crippen LogP contribution in [0.5, 0.6) is 0 Å². The van der Waals surface area contributed by atoms with Crippen LogP contribution in [-0.4, -0.2) is 11.1 Å². The van der Waals surface area contributed by atoms with Crippen LogP contribution < -0.4 is 0 Å². The number of carbonyl (C=O) groups is 1. The van der Waals surface area contributed by atoms with Crippen molar-refractivity contribution in [3.8, 4) is 0 Å². The van der Waals surface area contributed by atoms with Gasteiger partial charge >= 0.3 is 5.97 Å². The number of hydrogen-bond donors (Lipinski definition) is 1. The molecule has 1 atom stereocenters. The van der Waals surface area contributed by atoms with Crippen molar-refractivity contribution in [2.75, 3.05) is 0 Å². The lowest BCUT2D eigenvalue weighted by Gasteiger charge is -2.23. The van der Waals surface area contributed by atoms with Crippen molar-refractivity contribution < 1.29 is 9.90 Å². The van der Waals surface area contributed by atoms with Crippen molar-refractivity contribution in [3.05, 3.63) is 12.2 Å². The molecule has 0 aromatic rings. The van der Waals surface area contributed by atoms with E-state index in [4.69, 9.17) is 5.11 Å². The molecule has 2 nitrogen and oxygen atoms in total. The van der Waals surface area contributed by atoms with Crippen LogP contribution in [0.2, 0.25) is 0 Å². The maximum absolute atomic E-state index is 10.8. The molecule has 0 aromatic heterocycles. The summed E-state index contributed by atoms with van der Waals surface area (Å²) in [6.45, 7) is 11.5. The summed E-state index contributed by atoms with van der Waals surface area (Å²) in [5, 5.41) is 8.85. The largest absolute Gasteiger partial charge is 0.481 e. The van der Waals surface area contributed by atoms with Gasteiger partial charge in [-0.2, -0.15) is 0 Å². The Balaban J connectivity index is 4.35. The van der Waals surface area contributed by atoms with Crippen LogP contribution in [0.25, 0.3) is 0 Å². The Labute approximate surface area is 74.3 Å². The van der Waals surface area contributed by atoms with Crippen molar-refractivity contribution in [2.24, 2.45) is 11.3 Å². The van der Waals surface area contributed by atoms with E-state index in [2.05, 4.69) is 6.58 Å². The predicted molar refractivity (Wildman–Crippen MR) is 50.0 cm³/mol. The quantitative estimate of drug-likeness (QED) is 0.661. The van der Waals surface area contributed by atoms with Gasteiger partial charge in [0.1, 0.15) is 0 Å². The summed E-state index contributed by atoms with van der Waals surface area (Å²) >= 11 is 0. The SMILES string of the molecule is C=C(C)[C@H](CC(C)(C)C)C(=O)O. The molecule has 0 bridgehead atoms. The van der Waals surface area contributed by atoms with Gasteiger partial charge in [0.2, 0.25) is 0 Å². The Hall–Kier alpha value is -0.790. The van der Waals surface area contributed by atoms with E-state index in [-0.39, 0.29) is 5.41 Å². The monoisotopic (exact) mass is 170 g/mol. The molecule has 0 radical (unpaired) electrons. The van der Waals surface area contributed by atoms with Crippen molar-refractivity contribution in [2.45, 2.75) is 34.1 Å². The topological polar surface area (TPSA) is 37.3 Å². The zero-order valence-corrected chi connectivity index (χ0v) is 8.35. The fourth-order valence-electron chi connectivity index (χ4n) is 1.08. The molecule has 0 saturated heterocycles. The molecule has 0 aliphatic rings.